The Bertz CT molecular complexity index is 427. The van der Waals surface area contributed by atoms with Crippen molar-refractivity contribution in [2.45, 2.75) is 39.3 Å². The molecule has 0 aromatic heterocycles. The molecule has 114 valence electrons. The molecule has 0 saturated carbocycles. The molecule has 0 amide bonds. The van der Waals surface area contributed by atoms with Gasteiger partial charge < -0.3 is 15.2 Å². The number of likely N-dealkylation sites (N-methyl/N-ethyl adjacent to an activating group) is 1. The molecule has 0 fully saturated rings. The summed E-state index contributed by atoms with van der Waals surface area (Å²) in [6.45, 7) is 10.2. The molecule has 0 saturated heterocycles. The first-order chi connectivity index (χ1) is 9.40. The topological polar surface area (TPSA) is 47.7 Å². The number of nitrogens with two attached hydrogens (primary N) is 1. The second-order valence-corrected chi connectivity index (χ2v) is 5.79. The van der Waals surface area contributed by atoms with Gasteiger partial charge in [0.05, 0.1) is 20.3 Å². The van der Waals surface area contributed by atoms with Gasteiger partial charge in [0.1, 0.15) is 0 Å². The number of rotatable bonds is 6. The van der Waals surface area contributed by atoms with Crippen molar-refractivity contribution >= 4 is 0 Å². The number of para-hydroxylation sites is 1. The molecule has 1 atom stereocenters. The van der Waals surface area contributed by atoms with Crippen LogP contribution in [0.1, 0.15) is 39.3 Å². The molecule has 20 heavy (non-hydrogen) atoms. The standard InChI is InChI=1S/C16H28N2O2/c1-7-18(16(2,3)4)13(11-17)12-9-8-10-14(19-5)15(12)20-6/h8-10,13H,7,11,17H2,1-6H3. The third-order valence-corrected chi connectivity index (χ3v) is 3.59. The van der Waals surface area contributed by atoms with Crippen molar-refractivity contribution in [2.24, 2.45) is 5.73 Å². The van der Waals surface area contributed by atoms with Crippen molar-refractivity contribution in [1.29, 1.82) is 0 Å². The largest absolute Gasteiger partial charge is 0.493 e. The monoisotopic (exact) mass is 280 g/mol. The van der Waals surface area contributed by atoms with E-state index in [1.807, 2.05) is 12.1 Å². The maximum Gasteiger partial charge on any atom is 0.165 e. The maximum absolute atomic E-state index is 6.06. The minimum atomic E-state index is 0.0346. The van der Waals surface area contributed by atoms with Gasteiger partial charge >= 0.3 is 0 Å². The lowest BCUT2D eigenvalue weighted by Crippen LogP contribution is -2.46. The van der Waals surface area contributed by atoms with Gasteiger partial charge in [0.15, 0.2) is 11.5 Å². The van der Waals surface area contributed by atoms with Crippen LogP contribution in [0, 0.1) is 0 Å². The number of hydrogen-bond acceptors (Lipinski definition) is 4. The summed E-state index contributed by atoms with van der Waals surface area (Å²) < 4.78 is 10.9. The summed E-state index contributed by atoms with van der Waals surface area (Å²) in [6, 6.07) is 6.05. The van der Waals surface area contributed by atoms with E-state index in [1.54, 1.807) is 14.2 Å². The van der Waals surface area contributed by atoms with E-state index in [1.165, 1.54) is 0 Å². The van der Waals surface area contributed by atoms with E-state index >= 15 is 0 Å². The van der Waals surface area contributed by atoms with Crippen LogP contribution in [0.25, 0.3) is 0 Å². The third-order valence-electron chi connectivity index (χ3n) is 3.59. The highest BCUT2D eigenvalue weighted by Crippen LogP contribution is 2.38. The van der Waals surface area contributed by atoms with Crippen molar-refractivity contribution < 1.29 is 9.47 Å². The lowest BCUT2D eigenvalue weighted by Gasteiger charge is -2.41. The van der Waals surface area contributed by atoms with Crippen molar-refractivity contribution in [3.63, 3.8) is 0 Å². The molecule has 0 heterocycles. The molecule has 4 nitrogen and oxygen atoms in total. The van der Waals surface area contributed by atoms with Gasteiger partial charge in [0, 0.05) is 17.6 Å². The Morgan fingerprint density at radius 1 is 1.20 bits per heavy atom. The van der Waals surface area contributed by atoms with Crippen LogP contribution in [-0.4, -0.2) is 37.7 Å². The van der Waals surface area contributed by atoms with Crippen LogP contribution in [-0.2, 0) is 0 Å². The maximum atomic E-state index is 6.06. The summed E-state index contributed by atoms with van der Waals surface area (Å²) in [5.41, 5.74) is 7.16. The highest BCUT2D eigenvalue weighted by molar-refractivity contribution is 5.48. The summed E-state index contributed by atoms with van der Waals surface area (Å²) in [7, 11) is 3.32. The van der Waals surface area contributed by atoms with Crippen molar-refractivity contribution in [3.05, 3.63) is 23.8 Å². The van der Waals surface area contributed by atoms with E-state index in [0.717, 1.165) is 23.6 Å². The van der Waals surface area contributed by atoms with Gasteiger partial charge in [-0.15, -0.1) is 0 Å². The number of benzene rings is 1. The SMILES string of the molecule is CCN(C(CN)c1cccc(OC)c1OC)C(C)(C)C. The Kier molecular flexibility index (Phi) is 5.84. The van der Waals surface area contributed by atoms with Gasteiger partial charge in [-0.2, -0.15) is 0 Å². The van der Waals surface area contributed by atoms with E-state index < -0.39 is 0 Å². The molecule has 1 aromatic carbocycles. The van der Waals surface area contributed by atoms with Crippen LogP contribution < -0.4 is 15.2 Å². The molecule has 4 heteroatoms. The fraction of sp³-hybridized carbons (Fsp3) is 0.625. The fourth-order valence-electron chi connectivity index (χ4n) is 2.76. The van der Waals surface area contributed by atoms with Crippen molar-refractivity contribution in [2.75, 3.05) is 27.3 Å². The van der Waals surface area contributed by atoms with Crippen LogP contribution in [0.3, 0.4) is 0 Å². The predicted octanol–water partition coefficient (Wildman–Crippen LogP) is 2.82. The zero-order valence-electron chi connectivity index (χ0n) is 13.6. The molecule has 2 N–H and O–H groups in total. The minimum Gasteiger partial charge on any atom is -0.493 e. The van der Waals surface area contributed by atoms with Crippen LogP contribution in [0.5, 0.6) is 11.5 Å². The number of nitrogens with zero attached hydrogens (tertiary/aromatic N) is 1. The molecule has 0 aliphatic carbocycles. The molecular formula is C16H28N2O2. The van der Waals surface area contributed by atoms with Gasteiger partial charge in [-0.1, -0.05) is 19.1 Å². The van der Waals surface area contributed by atoms with Gasteiger partial charge in [-0.05, 0) is 33.4 Å². The van der Waals surface area contributed by atoms with Crippen LogP contribution >= 0.6 is 0 Å². The fourth-order valence-corrected chi connectivity index (χ4v) is 2.76. The Hall–Kier alpha value is -1.26. The van der Waals surface area contributed by atoms with E-state index in [4.69, 9.17) is 15.2 Å². The Labute approximate surface area is 122 Å². The third kappa shape index (κ3) is 3.44. The summed E-state index contributed by atoms with van der Waals surface area (Å²) >= 11 is 0. The molecule has 1 rings (SSSR count). The molecule has 0 radical (unpaired) electrons. The van der Waals surface area contributed by atoms with Gasteiger partial charge in [-0.25, -0.2) is 0 Å². The van der Waals surface area contributed by atoms with Gasteiger partial charge in [-0.3, -0.25) is 4.90 Å². The summed E-state index contributed by atoms with van der Waals surface area (Å²) in [5.74, 6) is 1.52. The highest BCUT2D eigenvalue weighted by atomic mass is 16.5. The summed E-state index contributed by atoms with van der Waals surface area (Å²) in [4.78, 5) is 2.38. The lowest BCUT2D eigenvalue weighted by atomic mass is 9.97. The van der Waals surface area contributed by atoms with Crippen LogP contribution in [0.2, 0.25) is 0 Å². The first-order valence-corrected chi connectivity index (χ1v) is 7.08. The Morgan fingerprint density at radius 2 is 1.85 bits per heavy atom. The second kappa shape index (κ2) is 6.95. The average molecular weight is 280 g/mol. The molecular weight excluding hydrogens is 252 g/mol. The average Bonchev–Trinajstić information content (AvgIpc) is 2.42. The quantitative estimate of drug-likeness (QED) is 0.870. The minimum absolute atomic E-state index is 0.0346. The lowest BCUT2D eigenvalue weighted by molar-refractivity contribution is 0.0902. The molecule has 0 spiro atoms. The molecule has 1 aromatic rings. The Morgan fingerprint density at radius 3 is 2.25 bits per heavy atom. The number of methoxy groups -OCH3 is 2. The summed E-state index contributed by atoms with van der Waals surface area (Å²) in [6.07, 6.45) is 0. The van der Waals surface area contributed by atoms with Gasteiger partial charge in [0.25, 0.3) is 0 Å². The van der Waals surface area contributed by atoms with Crippen LogP contribution in [0.15, 0.2) is 18.2 Å². The van der Waals surface area contributed by atoms with Crippen molar-refractivity contribution in [1.82, 2.24) is 4.90 Å². The first kappa shape index (κ1) is 16.8. The smallest absolute Gasteiger partial charge is 0.165 e. The number of ether oxygens (including phenoxy) is 2. The molecule has 0 bridgehead atoms. The highest BCUT2D eigenvalue weighted by Gasteiger charge is 2.30. The second-order valence-electron chi connectivity index (χ2n) is 5.79. The first-order valence-electron chi connectivity index (χ1n) is 7.08. The van der Waals surface area contributed by atoms with Gasteiger partial charge in [0.2, 0.25) is 0 Å². The molecule has 0 aliphatic rings. The van der Waals surface area contributed by atoms with E-state index in [-0.39, 0.29) is 11.6 Å². The zero-order valence-corrected chi connectivity index (χ0v) is 13.6. The van der Waals surface area contributed by atoms with E-state index in [0.29, 0.717) is 6.54 Å². The van der Waals surface area contributed by atoms with E-state index in [9.17, 15) is 0 Å². The Balaban J connectivity index is 3.31. The summed E-state index contributed by atoms with van der Waals surface area (Å²) in [5, 5.41) is 0. The number of hydrogen-bond donors (Lipinski definition) is 1. The predicted molar refractivity (Wildman–Crippen MR) is 83.5 cm³/mol. The molecule has 1 unspecified atom stereocenters. The normalized spacial score (nSPS) is 13.4. The van der Waals surface area contributed by atoms with Crippen LogP contribution in [0.4, 0.5) is 0 Å². The molecule has 0 aliphatic heterocycles. The zero-order chi connectivity index (χ0) is 15.3. The van der Waals surface area contributed by atoms with E-state index in [2.05, 4.69) is 38.7 Å². The van der Waals surface area contributed by atoms with Crippen molar-refractivity contribution in [3.8, 4) is 11.5 Å².